The molecule has 1 aliphatic heterocycles. The summed E-state index contributed by atoms with van der Waals surface area (Å²) >= 11 is 0. The van der Waals surface area contributed by atoms with Crippen LogP contribution in [0.1, 0.15) is 0 Å². The fourth-order valence-electron chi connectivity index (χ4n) is 0.304. The zero-order valence-electron chi connectivity index (χ0n) is 3.64. The normalized spacial score (nSPS) is 18.5. The fraction of sp³-hybridized carbons (Fsp3) is 0.500. The van der Waals surface area contributed by atoms with Crippen molar-refractivity contribution in [3.8, 4) is 0 Å². The summed E-state index contributed by atoms with van der Waals surface area (Å²) in [5.41, 5.74) is 0. The van der Waals surface area contributed by atoms with Gasteiger partial charge >= 0.3 is 0 Å². The summed E-state index contributed by atoms with van der Waals surface area (Å²) in [7, 11) is 1.93. The highest BCUT2D eigenvalue weighted by Gasteiger charge is 1.94. The third-order valence-electron chi connectivity index (χ3n) is 0.625. The van der Waals surface area contributed by atoms with Crippen LogP contribution in [0.4, 0.5) is 0 Å². The van der Waals surface area contributed by atoms with Gasteiger partial charge in [-0.15, -0.1) is 0 Å². The predicted octanol–water partition coefficient (Wildman–Crippen LogP) is 0.180. The van der Waals surface area contributed by atoms with E-state index in [0.29, 0.717) is 6.73 Å². The lowest BCUT2D eigenvalue weighted by molar-refractivity contribution is 0.179. The van der Waals surface area contributed by atoms with E-state index in [0.717, 1.165) is 0 Å². The third kappa shape index (κ3) is 0.455. The van der Waals surface area contributed by atoms with Crippen molar-refractivity contribution in [2.24, 2.45) is 0 Å². The average molecular weight is 84.1 g/mol. The lowest BCUT2D eigenvalue weighted by Gasteiger charge is -2.00. The lowest BCUT2D eigenvalue weighted by atomic mass is 10.9. The van der Waals surface area contributed by atoms with Crippen LogP contribution in [0.2, 0.25) is 0 Å². The fourth-order valence-corrected chi connectivity index (χ4v) is 0.304. The summed E-state index contributed by atoms with van der Waals surface area (Å²) in [5, 5.41) is 0. The van der Waals surface area contributed by atoms with Crippen molar-refractivity contribution in [2.75, 3.05) is 13.8 Å². The molecule has 0 unspecified atom stereocenters. The molecule has 0 fully saturated rings. The summed E-state index contributed by atoms with van der Waals surface area (Å²) in [6.07, 6.45) is 4.34. The molecule has 2 nitrogen and oxygen atoms in total. The van der Waals surface area contributed by atoms with E-state index >= 15 is 0 Å². The molecule has 0 saturated carbocycles. The van der Waals surface area contributed by atoms with E-state index < -0.39 is 0 Å². The van der Waals surface area contributed by atoms with E-state index in [1.807, 2.05) is 11.9 Å². The maximum absolute atomic E-state index is 4.68. The van der Waals surface area contributed by atoms with Gasteiger partial charge in [-0.25, -0.2) is 0 Å². The van der Waals surface area contributed by atoms with Gasteiger partial charge in [0.05, 0.1) is 0 Å². The van der Waals surface area contributed by atoms with Gasteiger partial charge in [0.2, 0.25) is 0 Å². The Hall–Kier alpha value is -0.660. The minimum absolute atomic E-state index is 0.653. The quantitative estimate of drug-likeness (QED) is 0.415. The molecular formula is C4H6NO. The van der Waals surface area contributed by atoms with E-state index in [-0.39, 0.29) is 0 Å². The Labute approximate surface area is 37.0 Å². The molecule has 33 valence electrons. The SMILES string of the molecule is CN1C=[C]OC1. The largest absolute Gasteiger partial charge is 0.468 e. The first-order chi connectivity index (χ1) is 2.89. The monoisotopic (exact) mass is 84.0 g/mol. The molecule has 0 spiro atoms. The molecule has 1 heterocycles. The first-order valence-corrected chi connectivity index (χ1v) is 1.80. The number of rotatable bonds is 0. The minimum atomic E-state index is 0.653. The molecule has 0 N–H and O–H groups in total. The van der Waals surface area contributed by atoms with Crippen LogP contribution in [0.25, 0.3) is 0 Å². The summed E-state index contributed by atoms with van der Waals surface area (Å²) in [4.78, 5) is 1.90. The van der Waals surface area contributed by atoms with E-state index in [2.05, 4.69) is 11.0 Å². The Morgan fingerprint density at radius 2 is 2.83 bits per heavy atom. The third-order valence-corrected chi connectivity index (χ3v) is 0.625. The van der Waals surface area contributed by atoms with Crippen LogP contribution in [0.3, 0.4) is 0 Å². The highest BCUT2D eigenvalue weighted by molar-refractivity contribution is 4.69. The van der Waals surface area contributed by atoms with Gasteiger partial charge in [0.1, 0.15) is 0 Å². The Kier molecular flexibility index (Phi) is 0.708. The maximum atomic E-state index is 4.68. The van der Waals surface area contributed by atoms with Gasteiger partial charge in [-0.2, -0.15) is 0 Å². The molecule has 0 atom stereocenters. The van der Waals surface area contributed by atoms with E-state index in [1.165, 1.54) is 0 Å². The number of hydrogen-bond donors (Lipinski definition) is 0. The van der Waals surface area contributed by atoms with E-state index in [9.17, 15) is 0 Å². The van der Waals surface area contributed by atoms with Gasteiger partial charge in [0, 0.05) is 13.2 Å². The average Bonchev–Trinajstić information content (AvgIpc) is 1.86. The van der Waals surface area contributed by atoms with Crippen molar-refractivity contribution >= 4 is 0 Å². The number of ether oxygens (including phenoxy) is 1. The van der Waals surface area contributed by atoms with Crippen molar-refractivity contribution in [3.05, 3.63) is 12.5 Å². The van der Waals surface area contributed by atoms with Crippen LogP contribution in [-0.4, -0.2) is 18.7 Å². The zero-order chi connectivity index (χ0) is 4.41. The summed E-state index contributed by atoms with van der Waals surface area (Å²) < 4.78 is 4.68. The summed E-state index contributed by atoms with van der Waals surface area (Å²) in [6, 6.07) is 0. The first-order valence-electron chi connectivity index (χ1n) is 1.80. The van der Waals surface area contributed by atoms with E-state index in [4.69, 9.17) is 0 Å². The minimum Gasteiger partial charge on any atom is -0.468 e. The zero-order valence-corrected chi connectivity index (χ0v) is 3.64. The molecule has 0 bridgehead atoms. The molecule has 0 aliphatic carbocycles. The molecule has 0 aromatic carbocycles. The predicted molar refractivity (Wildman–Crippen MR) is 21.5 cm³/mol. The van der Waals surface area contributed by atoms with Crippen molar-refractivity contribution in [2.45, 2.75) is 0 Å². The van der Waals surface area contributed by atoms with Crippen LogP contribution in [0.5, 0.6) is 0 Å². The summed E-state index contributed by atoms with van der Waals surface area (Å²) in [6.45, 7) is 0.653. The second kappa shape index (κ2) is 1.20. The molecule has 0 amide bonds. The number of nitrogens with zero attached hydrogens (tertiary/aromatic N) is 1. The number of hydrogen-bond acceptors (Lipinski definition) is 2. The topological polar surface area (TPSA) is 12.5 Å². The van der Waals surface area contributed by atoms with Crippen molar-refractivity contribution in [1.82, 2.24) is 4.90 Å². The van der Waals surface area contributed by atoms with Crippen molar-refractivity contribution < 1.29 is 4.74 Å². The Balaban J connectivity index is 2.38. The van der Waals surface area contributed by atoms with Gasteiger partial charge in [-0.05, 0) is 0 Å². The standard InChI is InChI=1S/C4H6NO/c1-5-2-3-6-4-5/h2H,4H2,1H3. The van der Waals surface area contributed by atoms with Crippen LogP contribution < -0.4 is 0 Å². The summed E-state index contributed by atoms with van der Waals surface area (Å²) in [5.74, 6) is 0. The van der Waals surface area contributed by atoms with Crippen molar-refractivity contribution in [1.29, 1.82) is 0 Å². The molecule has 1 rings (SSSR count). The molecule has 1 aliphatic rings. The van der Waals surface area contributed by atoms with Crippen LogP contribution in [0.15, 0.2) is 6.20 Å². The van der Waals surface area contributed by atoms with Gasteiger partial charge in [0.25, 0.3) is 0 Å². The second-order valence-corrected chi connectivity index (χ2v) is 1.28. The lowest BCUT2D eigenvalue weighted by Crippen LogP contribution is -2.05. The van der Waals surface area contributed by atoms with Crippen LogP contribution in [-0.2, 0) is 4.74 Å². The van der Waals surface area contributed by atoms with Gasteiger partial charge in [-0.1, -0.05) is 0 Å². The molecule has 0 saturated heterocycles. The van der Waals surface area contributed by atoms with Crippen LogP contribution in [0, 0.1) is 6.26 Å². The molecule has 0 aromatic rings. The van der Waals surface area contributed by atoms with Crippen molar-refractivity contribution in [3.63, 3.8) is 0 Å². The van der Waals surface area contributed by atoms with Gasteiger partial charge in [0.15, 0.2) is 13.0 Å². The highest BCUT2D eigenvalue weighted by Crippen LogP contribution is 1.92. The molecule has 6 heavy (non-hydrogen) atoms. The maximum Gasteiger partial charge on any atom is 0.181 e. The van der Waals surface area contributed by atoms with Gasteiger partial charge < -0.3 is 9.64 Å². The smallest absolute Gasteiger partial charge is 0.181 e. The van der Waals surface area contributed by atoms with Gasteiger partial charge in [-0.3, -0.25) is 0 Å². The van der Waals surface area contributed by atoms with E-state index in [1.54, 1.807) is 6.20 Å². The Bertz CT molecular complexity index is 69.9. The second-order valence-electron chi connectivity index (χ2n) is 1.28. The molecule has 1 radical (unpaired) electrons. The Morgan fingerprint density at radius 3 is 3.00 bits per heavy atom. The molecule has 0 aromatic heterocycles. The first kappa shape index (κ1) is 3.53. The highest BCUT2D eigenvalue weighted by atomic mass is 16.5. The Morgan fingerprint density at radius 1 is 2.00 bits per heavy atom. The molecule has 2 heteroatoms. The van der Waals surface area contributed by atoms with Crippen LogP contribution >= 0.6 is 0 Å². The molecular weight excluding hydrogens is 78.0 g/mol.